The van der Waals surface area contributed by atoms with Crippen LogP contribution in [0.5, 0.6) is 11.5 Å². The number of esters is 1. The minimum atomic E-state index is -4.45. The molecule has 0 aromatic heterocycles. The molecule has 0 aromatic carbocycles. The van der Waals surface area contributed by atoms with E-state index in [1.165, 1.54) is 6.07 Å². The summed E-state index contributed by atoms with van der Waals surface area (Å²) in [6.07, 6.45) is -0.423. The number of nitrogens with one attached hydrogen (secondary N) is 1. The van der Waals surface area contributed by atoms with Crippen LogP contribution in [-0.4, -0.2) is 26.3 Å². The number of hydrogen-bond donors (Lipinski definition) is 2. The maximum absolute atomic E-state index is 12.9. The molecule has 0 radical (unpaired) electrons. The number of hydrogen-bond acceptors (Lipinski definition) is 6. The van der Waals surface area contributed by atoms with Crippen LogP contribution in [0, 0.1) is 0 Å². The van der Waals surface area contributed by atoms with Crippen LogP contribution in [0.1, 0.15) is 12.8 Å². The summed E-state index contributed by atoms with van der Waals surface area (Å²) in [6.45, 7) is 0. The molecule has 4 aliphatic rings. The third-order valence-corrected chi connectivity index (χ3v) is 6.14. The Labute approximate surface area is 197 Å². The van der Waals surface area contributed by atoms with Crippen LogP contribution in [-0.2, 0) is 19.9 Å². The van der Waals surface area contributed by atoms with Crippen LogP contribution < -0.4 is 19.4 Å². The van der Waals surface area contributed by atoms with Crippen LogP contribution in [0.2, 0.25) is 0 Å². The van der Waals surface area contributed by atoms with Crippen molar-refractivity contribution in [3.63, 3.8) is 0 Å². The summed E-state index contributed by atoms with van der Waals surface area (Å²) in [5.41, 5.74) is 8.12. The number of carbonyl (C=O) groups is 2. The number of primary amides is 1. The molecule has 0 saturated heterocycles. The molecule has 8 nitrogen and oxygen atoms in total. The van der Waals surface area contributed by atoms with E-state index in [1.807, 2.05) is 30.3 Å². The molecule has 9 heteroatoms. The summed E-state index contributed by atoms with van der Waals surface area (Å²) >= 11 is 0. The predicted octanol–water partition coefficient (Wildman–Crippen LogP) is 3.35. The van der Waals surface area contributed by atoms with E-state index in [4.69, 9.17) is 14.7 Å². The van der Waals surface area contributed by atoms with Crippen molar-refractivity contribution in [3.05, 3.63) is 84.9 Å². The van der Waals surface area contributed by atoms with Gasteiger partial charge in [0.05, 0.1) is 0 Å². The number of rotatable bonds is 9. The van der Waals surface area contributed by atoms with Crippen LogP contribution >= 0.6 is 0 Å². The van der Waals surface area contributed by atoms with Gasteiger partial charge in [-0.2, -0.15) is 13.1 Å². The molecule has 4 rings (SSSR count). The Hall–Kier alpha value is -3.95. The lowest BCUT2D eigenvalue weighted by Gasteiger charge is -2.17. The van der Waals surface area contributed by atoms with Crippen LogP contribution in [0.15, 0.2) is 84.9 Å². The van der Waals surface area contributed by atoms with E-state index in [0.717, 1.165) is 11.1 Å². The Morgan fingerprint density at radius 3 is 1.97 bits per heavy atom. The van der Waals surface area contributed by atoms with Crippen molar-refractivity contribution in [1.82, 2.24) is 4.72 Å². The Morgan fingerprint density at radius 1 is 0.794 bits per heavy atom. The fourth-order valence-electron chi connectivity index (χ4n) is 3.54. The minimum Gasteiger partial charge on any atom is -0.425 e. The lowest BCUT2D eigenvalue weighted by atomic mass is 10.1. The van der Waals surface area contributed by atoms with Crippen LogP contribution in [0.3, 0.4) is 0 Å². The van der Waals surface area contributed by atoms with Gasteiger partial charge in [-0.1, -0.05) is 72.8 Å². The molecule has 3 N–H and O–H groups in total. The molecule has 174 valence electrons. The van der Waals surface area contributed by atoms with Gasteiger partial charge in [0.1, 0.15) is 11.8 Å². The summed E-state index contributed by atoms with van der Waals surface area (Å²) in [5, 5.41) is 0. The quantitative estimate of drug-likeness (QED) is 0.356. The second kappa shape index (κ2) is 9.90. The molecule has 0 unspecified atom stereocenters. The molecule has 0 spiro atoms. The largest absolute Gasteiger partial charge is 0.425 e. The molecular weight excluding hydrogens is 456 g/mol. The lowest BCUT2D eigenvalue weighted by Crippen LogP contribution is -2.45. The standard InChI is InChI=1S/C25H22N2O6S/c26-24(28)16-13-21(25(29)32-22-14-11-17-7-3-1-5-9-19(17)22)27-34(30,31)33-23-15-12-18-8-4-2-6-10-20(18)23/h1-12,14-15,21,27H,13,16H2,(H2,26,28)/t21-/m0/s1. The summed E-state index contributed by atoms with van der Waals surface area (Å²) < 4.78 is 38.5. The summed E-state index contributed by atoms with van der Waals surface area (Å²) in [4.78, 5) is 24.2. The van der Waals surface area contributed by atoms with Crippen molar-refractivity contribution in [2.24, 2.45) is 5.73 Å². The van der Waals surface area contributed by atoms with Gasteiger partial charge in [-0.3, -0.25) is 4.79 Å². The predicted molar refractivity (Wildman–Crippen MR) is 127 cm³/mol. The fraction of sp³-hybridized carbons (Fsp3) is 0.120. The Kier molecular flexibility index (Phi) is 6.76. The number of fused-ring (bicyclic) bond motifs is 2. The highest BCUT2D eigenvalue weighted by Crippen LogP contribution is 2.35. The van der Waals surface area contributed by atoms with Crippen molar-refractivity contribution in [3.8, 4) is 33.8 Å². The van der Waals surface area contributed by atoms with Gasteiger partial charge < -0.3 is 14.7 Å². The fourth-order valence-corrected chi connectivity index (χ4v) is 4.53. The maximum Gasteiger partial charge on any atom is 0.383 e. The zero-order valence-corrected chi connectivity index (χ0v) is 18.8. The Balaban J connectivity index is 1.53. The number of amides is 1. The number of nitrogens with two attached hydrogens (primary N) is 1. The van der Waals surface area contributed by atoms with Crippen molar-refractivity contribution in [2.45, 2.75) is 18.9 Å². The van der Waals surface area contributed by atoms with E-state index in [9.17, 15) is 18.0 Å². The van der Waals surface area contributed by atoms with Gasteiger partial charge in [0, 0.05) is 17.5 Å². The maximum atomic E-state index is 12.9. The number of ether oxygens (including phenoxy) is 1. The van der Waals surface area contributed by atoms with E-state index in [1.54, 1.807) is 48.5 Å². The van der Waals surface area contributed by atoms with Crippen LogP contribution in [0.25, 0.3) is 22.3 Å². The van der Waals surface area contributed by atoms with Gasteiger partial charge in [0.25, 0.3) is 0 Å². The molecular formula is C25H22N2O6S. The summed E-state index contributed by atoms with van der Waals surface area (Å²) in [7, 11) is -4.45. The third kappa shape index (κ3) is 5.51. The first-order valence-electron chi connectivity index (χ1n) is 10.5. The van der Waals surface area contributed by atoms with Gasteiger partial charge in [-0.15, -0.1) is 0 Å². The van der Waals surface area contributed by atoms with Gasteiger partial charge >= 0.3 is 16.3 Å². The molecule has 0 aliphatic heterocycles. The molecule has 0 heterocycles. The molecule has 0 bridgehead atoms. The first kappa shape index (κ1) is 23.2. The smallest absolute Gasteiger partial charge is 0.383 e. The van der Waals surface area contributed by atoms with Crippen LogP contribution in [0.4, 0.5) is 0 Å². The Morgan fingerprint density at radius 2 is 1.35 bits per heavy atom. The SMILES string of the molecule is NC(=O)CC[C@H](NS(=O)(=O)Oc1ccc2cccccc1-2)C(=O)Oc1ccc2cccccc1-2. The monoisotopic (exact) mass is 478 g/mol. The van der Waals surface area contributed by atoms with Gasteiger partial charge in [-0.05, 0) is 29.7 Å². The van der Waals surface area contributed by atoms with Crippen molar-refractivity contribution in [2.75, 3.05) is 0 Å². The third-order valence-electron chi connectivity index (χ3n) is 5.16. The zero-order chi connectivity index (χ0) is 24.1. The van der Waals surface area contributed by atoms with Crippen molar-refractivity contribution in [1.29, 1.82) is 0 Å². The molecule has 4 aliphatic carbocycles. The highest BCUT2D eigenvalue weighted by molar-refractivity contribution is 7.85. The normalized spacial score (nSPS) is 12.4. The molecule has 0 fully saturated rings. The van der Waals surface area contributed by atoms with E-state index < -0.39 is 28.2 Å². The topological polar surface area (TPSA) is 125 Å². The minimum absolute atomic E-state index is 0.107. The van der Waals surface area contributed by atoms with Crippen molar-refractivity contribution < 1.29 is 26.9 Å². The van der Waals surface area contributed by atoms with E-state index in [0.29, 0.717) is 11.1 Å². The lowest BCUT2D eigenvalue weighted by molar-refractivity contribution is -0.136. The second-order valence-electron chi connectivity index (χ2n) is 7.59. The highest BCUT2D eigenvalue weighted by Gasteiger charge is 2.29. The zero-order valence-electron chi connectivity index (χ0n) is 18.0. The van der Waals surface area contributed by atoms with Gasteiger partial charge in [-0.25, -0.2) is 4.79 Å². The summed E-state index contributed by atoms with van der Waals surface area (Å²) in [6, 6.07) is 23.3. The molecule has 0 aromatic rings. The summed E-state index contributed by atoms with van der Waals surface area (Å²) in [5.74, 6) is -1.19. The Bertz CT molecular complexity index is 1370. The molecule has 1 amide bonds. The van der Waals surface area contributed by atoms with Gasteiger partial charge in [0.2, 0.25) is 5.91 Å². The first-order chi connectivity index (χ1) is 16.3. The molecule has 34 heavy (non-hydrogen) atoms. The average Bonchev–Trinajstić information content (AvgIpc) is 3.13. The molecule has 0 saturated carbocycles. The highest BCUT2D eigenvalue weighted by atomic mass is 32.2. The second-order valence-corrected chi connectivity index (χ2v) is 8.90. The number of carbonyl (C=O) groups excluding carboxylic acids is 2. The van der Waals surface area contributed by atoms with E-state index >= 15 is 0 Å². The van der Waals surface area contributed by atoms with Crippen molar-refractivity contribution >= 4 is 22.2 Å². The first-order valence-corrected chi connectivity index (χ1v) is 11.9. The van der Waals surface area contributed by atoms with Gasteiger partial charge in [0.15, 0.2) is 5.75 Å². The average molecular weight is 479 g/mol. The van der Waals surface area contributed by atoms with E-state index in [-0.39, 0.29) is 24.3 Å². The van der Waals surface area contributed by atoms with E-state index in [2.05, 4.69) is 4.72 Å². The molecule has 1 atom stereocenters.